The minimum Gasteiger partial charge on any atom is -0.198 e. The summed E-state index contributed by atoms with van der Waals surface area (Å²) >= 11 is 2.27. The molecule has 0 aliphatic heterocycles. The van der Waals surface area contributed by atoms with Gasteiger partial charge in [0.05, 0.1) is 6.07 Å². The lowest BCUT2D eigenvalue weighted by molar-refractivity contribution is 0.727. The van der Waals surface area contributed by atoms with E-state index in [1.807, 2.05) is 6.92 Å². The molecule has 0 heterocycles. The molecule has 7 heavy (non-hydrogen) atoms. The standard InChI is InChI=1S/C5H8IN/c1-5(4-7)2-3-6/h5H,2-3H2,1H3. The van der Waals surface area contributed by atoms with Crippen LogP contribution in [0.25, 0.3) is 0 Å². The molecular formula is C5H8IN. The Bertz CT molecular complexity index is 74.6. The third-order valence-corrected chi connectivity index (χ3v) is 1.39. The summed E-state index contributed by atoms with van der Waals surface area (Å²) in [6.07, 6.45) is 1.02. The van der Waals surface area contributed by atoms with Gasteiger partial charge in [-0.1, -0.05) is 22.6 Å². The Hall–Kier alpha value is 0.220. The Morgan fingerprint density at radius 3 is 2.57 bits per heavy atom. The lowest BCUT2D eigenvalue weighted by atomic mass is 10.2. The Labute approximate surface area is 57.9 Å². The topological polar surface area (TPSA) is 23.8 Å². The molecular weight excluding hydrogens is 201 g/mol. The van der Waals surface area contributed by atoms with Crippen molar-refractivity contribution in [2.75, 3.05) is 4.43 Å². The van der Waals surface area contributed by atoms with Gasteiger partial charge in [-0.15, -0.1) is 0 Å². The van der Waals surface area contributed by atoms with Crippen LogP contribution in [0.5, 0.6) is 0 Å². The van der Waals surface area contributed by atoms with Gasteiger partial charge in [0.2, 0.25) is 0 Å². The fourth-order valence-corrected chi connectivity index (χ4v) is 1.16. The van der Waals surface area contributed by atoms with Crippen molar-refractivity contribution < 1.29 is 0 Å². The quantitative estimate of drug-likeness (QED) is 0.503. The van der Waals surface area contributed by atoms with Crippen LogP contribution in [0.4, 0.5) is 0 Å². The Morgan fingerprint density at radius 2 is 2.43 bits per heavy atom. The number of hydrogen-bond donors (Lipinski definition) is 0. The van der Waals surface area contributed by atoms with Crippen molar-refractivity contribution in [2.45, 2.75) is 13.3 Å². The van der Waals surface area contributed by atoms with Gasteiger partial charge in [-0.3, -0.25) is 0 Å². The van der Waals surface area contributed by atoms with Crippen LogP contribution < -0.4 is 0 Å². The molecule has 0 aromatic rings. The van der Waals surface area contributed by atoms with Crippen molar-refractivity contribution in [3.05, 3.63) is 0 Å². The monoisotopic (exact) mass is 209 g/mol. The van der Waals surface area contributed by atoms with Crippen molar-refractivity contribution in [3.63, 3.8) is 0 Å². The second-order valence-corrected chi connectivity index (χ2v) is 2.59. The zero-order valence-electron chi connectivity index (χ0n) is 4.32. The highest BCUT2D eigenvalue weighted by Crippen LogP contribution is 2.00. The molecule has 0 amide bonds. The fourth-order valence-electron chi connectivity index (χ4n) is 0.228. The lowest BCUT2D eigenvalue weighted by Gasteiger charge is -1.91. The van der Waals surface area contributed by atoms with Gasteiger partial charge in [0, 0.05) is 10.3 Å². The van der Waals surface area contributed by atoms with Gasteiger partial charge in [-0.05, 0) is 13.3 Å². The SMILES string of the molecule is CC(C#N)CCI. The second-order valence-electron chi connectivity index (χ2n) is 1.51. The largest absolute Gasteiger partial charge is 0.198 e. The number of hydrogen-bond acceptors (Lipinski definition) is 1. The maximum absolute atomic E-state index is 8.21. The van der Waals surface area contributed by atoms with Gasteiger partial charge in [0.1, 0.15) is 0 Å². The van der Waals surface area contributed by atoms with E-state index in [9.17, 15) is 0 Å². The molecule has 1 atom stereocenters. The average Bonchev–Trinajstić information content (AvgIpc) is 1.68. The summed E-state index contributed by atoms with van der Waals surface area (Å²) in [6, 6.07) is 2.16. The third-order valence-electron chi connectivity index (χ3n) is 0.763. The van der Waals surface area contributed by atoms with Gasteiger partial charge in [-0.2, -0.15) is 5.26 Å². The highest BCUT2D eigenvalue weighted by Gasteiger charge is 1.93. The molecule has 1 nitrogen and oxygen atoms in total. The van der Waals surface area contributed by atoms with Crippen molar-refractivity contribution >= 4 is 22.6 Å². The van der Waals surface area contributed by atoms with Crippen molar-refractivity contribution in [2.24, 2.45) is 5.92 Å². The van der Waals surface area contributed by atoms with E-state index in [0.29, 0.717) is 0 Å². The van der Waals surface area contributed by atoms with Crippen molar-refractivity contribution in [1.29, 1.82) is 5.26 Å². The Balaban J connectivity index is 3.04. The van der Waals surface area contributed by atoms with Gasteiger partial charge in [0.15, 0.2) is 0 Å². The molecule has 0 bridgehead atoms. The summed E-state index contributed by atoms with van der Waals surface area (Å²) in [5.41, 5.74) is 0. The lowest BCUT2D eigenvalue weighted by Crippen LogP contribution is -1.88. The number of halogens is 1. The number of rotatable bonds is 2. The molecule has 0 radical (unpaired) electrons. The summed E-state index contributed by atoms with van der Waals surface area (Å²) in [5, 5.41) is 8.21. The predicted molar refractivity (Wildman–Crippen MR) is 38.3 cm³/mol. The zero-order valence-corrected chi connectivity index (χ0v) is 6.47. The first-order chi connectivity index (χ1) is 3.31. The van der Waals surface area contributed by atoms with Crippen LogP contribution in [0, 0.1) is 17.2 Å². The smallest absolute Gasteiger partial charge is 0.0653 e. The van der Waals surface area contributed by atoms with Crippen LogP contribution in [0.2, 0.25) is 0 Å². The Kier molecular flexibility index (Phi) is 4.52. The summed E-state index contributed by atoms with van der Waals surface area (Å²) < 4.78 is 1.09. The molecule has 1 unspecified atom stereocenters. The van der Waals surface area contributed by atoms with Crippen molar-refractivity contribution in [3.8, 4) is 6.07 Å². The third kappa shape index (κ3) is 4.07. The van der Waals surface area contributed by atoms with Gasteiger partial charge in [0.25, 0.3) is 0 Å². The average molecular weight is 209 g/mol. The predicted octanol–water partition coefficient (Wildman–Crippen LogP) is 1.97. The van der Waals surface area contributed by atoms with E-state index in [-0.39, 0.29) is 5.92 Å². The first-order valence-electron chi connectivity index (χ1n) is 2.27. The molecule has 0 aliphatic carbocycles. The van der Waals surface area contributed by atoms with Crippen molar-refractivity contribution in [1.82, 2.24) is 0 Å². The van der Waals surface area contributed by atoms with Gasteiger partial charge >= 0.3 is 0 Å². The summed E-state index contributed by atoms with van der Waals surface area (Å²) in [7, 11) is 0. The fraction of sp³-hybridized carbons (Fsp3) is 0.800. The van der Waals surface area contributed by atoms with Crippen LogP contribution in [0.3, 0.4) is 0 Å². The van der Waals surface area contributed by atoms with Crippen LogP contribution in [-0.2, 0) is 0 Å². The molecule has 0 N–H and O–H groups in total. The highest BCUT2D eigenvalue weighted by atomic mass is 127. The molecule has 2 heteroatoms. The molecule has 0 fully saturated rings. The number of alkyl halides is 1. The second kappa shape index (κ2) is 4.38. The molecule has 0 aromatic carbocycles. The van der Waals surface area contributed by atoms with Gasteiger partial charge < -0.3 is 0 Å². The van der Waals surface area contributed by atoms with Crippen LogP contribution in [0.15, 0.2) is 0 Å². The van der Waals surface area contributed by atoms with Crippen LogP contribution in [-0.4, -0.2) is 4.43 Å². The van der Waals surface area contributed by atoms with E-state index in [0.717, 1.165) is 10.8 Å². The maximum Gasteiger partial charge on any atom is 0.0653 e. The summed E-state index contributed by atoms with van der Waals surface area (Å²) in [6.45, 7) is 1.94. The van der Waals surface area contributed by atoms with Crippen LogP contribution in [0.1, 0.15) is 13.3 Å². The van der Waals surface area contributed by atoms with E-state index < -0.39 is 0 Å². The molecule has 40 valence electrons. The molecule has 0 saturated carbocycles. The van der Waals surface area contributed by atoms with E-state index in [1.54, 1.807) is 0 Å². The van der Waals surface area contributed by atoms with E-state index in [4.69, 9.17) is 5.26 Å². The van der Waals surface area contributed by atoms with Crippen LogP contribution >= 0.6 is 22.6 Å². The Morgan fingerprint density at radius 1 is 1.86 bits per heavy atom. The first-order valence-corrected chi connectivity index (χ1v) is 3.79. The molecule has 0 aromatic heterocycles. The summed E-state index contributed by atoms with van der Waals surface area (Å²) in [4.78, 5) is 0. The highest BCUT2D eigenvalue weighted by molar-refractivity contribution is 14.1. The summed E-state index contributed by atoms with van der Waals surface area (Å²) in [5.74, 6) is 0.247. The molecule has 0 spiro atoms. The van der Waals surface area contributed by atoms with E-state index in [1.165, 1.54) is 0 Å². The first kappa shape index (κ1) is 7.22. The molecule has 0 rings (SSSR count). The minimum atomic E-state index is 0.247. The number of nitriles is 1. The van der Waals surface area contributed by atoms with E-state index >= 15 is 0 Å². The number of nitrogens with zero attached hydrogens (tertiary/aromatic N) is 1. The molecule has 0 saturated heterocycles. The van der Waals surface area contributed by atoms with E-state index in [2.05, 4.69) is 28.7 Å². The normalized spacial score (nSPS) is 12.7. The minimum absolute atomic E-state index is 0.247. The molecule has 0 aliphatic rings. The zero-order chi connectivity index (χ0) is 5.70. The van der Waals surface area contributed by atoms with Gasteiger partial charge in [-0.25, -0.2) is 0 Å². The maximum atomic E-state index is 8.21.